The summed E-state index contributed by atoms with van der Waals surface area (Å²) in [5.41, 5.74) is 5.74. The summed E-state index contributed by atoms with van der Waals surface area (Å²) < 4.78 is 0. The van der Waals surface area contributed by atoms with Gasteiger partial charge in [-0.1, -0.05) is 0 Å². The first-order valence-corrected chi connectivity index (χ1v) is 4.17. The molecule has 2 saturated carbocycles. The Morgan fingerprint density at radius 3 is 2.40 bits per heavy atom. The third kappa shape index (κ3) is 0.867. The monoisotopic (exact) mass is 141 g/mol. The largest absolute Gasteiger partial charge is 0.392 e. The Balaban J connectivity index is 1.95. The van der Waals surface area contributed by atoms with E-state index in [4.69, 9.17) is 5.73 Å². The highest BCUT2D eigenvalue weighted by Gasteiger charge is 2.52. The molecule has 0 aliphatic heterocycles. The van der Waals surface area contributed by atoms with Crippen molar-refractivity contribution < 1.29 is 5.11 Å². The van der Waals surface area contributed by atoms with Crippen LogP contribution in [0.3, 0.4) is 0 Å². The van der Waals surface area contributed by atoms with Gasteiger partial charge in [0.05, 0.1) is 6.10 Å². The second kappa shape index (κ2) is 1.95. The minimum absolute atomic E-state index is 0.0718. The standard InChI is InChI=1S/C8H15NO/c9-5-8(3-4-8)7(10)6-1-2-6/h6-7,10H,1-5,9H2. The predicted molar refractivity (Wildman–Crippen MR) is 39.5 cm³/mol. The minimum Gasteiger partial charge on any atom is -0.392 e. The zero-order valence-electron chi connectivity index (χ0n) is 6.21. The van der Waals surface area contributed by atoms with E-state index >= 15 is 0 Å². The fourth-order valence-corrected chi connectivity index (χ4v) is 1.69. The molecule has 0 saturated heterocycles. The third-order valence-corrected chi connectivity index (χ3v) is 2.99. The zero-order chi connectivity index (χ0) is 7.19. The number of hydrogen-bond acceptors (Lipinski definition) is 2. The number of aliphatic hydroxyl groups excluding tert-OH is 1. The van der Waals surface area contributed by atoms with Gasteiger partial charge >= 0.3 is 0 Å². The highest BCUT2D eigenvalue weighted by molar-refractivity contribution is 5.04. The molecule has 1 unspecified atom stereocenters. The molecule has 0 aromatic carbocycles. The molecule has 58 valence electrons. The Bertz CT molecular complexity index is 138. The van der Waals surface area contributed by atoms with Gasteiger partial charge in [0.25, 0.3) is 0 Å². The van der Waals surface area contributed by atoms with Gasteiger partial charge in [0.2, 0.25) is 0 Å². The van der Waals surface area contributed by atoms with Crippen LogP contribution in [0.1, 0.15) is 25.7 Å². The summed E-state index contributed by atoms with van der Waals surface area (Å²) in [6.07, 6.45) is 4.69. The number of nitrogens with two attached hydrogens (primary N) is 1. The molecular formula is C8H15NO. The SMILES string of the molecule is NCC1(C(O)C2CC2)CC1. The zero-order valence-corrected chi connectivity index (χ0v) is 6.21. The lowest BCUT2D eigenvalue weighted by Crippen LogP contribution is -2.31. The van der Waals surface area contributed by atoms with Crippen LogP contribution in [0.2, 0.25) is 0 Å². The number of aliphatic hydroxyl groups is 1. The molecule has 0 heterocycles. The van der Waals surface area contributed by atoms with Crippen LogP contribution in [0.5, 0.6) is 0 Å². The van der Waals surface area contributed by atoms with Crippen molar-refractivity contribution in [1.82, 2.24) is 0 Å². The first kappa shape index (κ1) is 6.62. The lowest BCUT2D eigenvalue weighted by molar-refractivity contribution is 0.0763. The second-order valence-electron chi connectivity index (χ2n) is 3.85. The third-order valence-electron chi connectivity index (χ3n) is 2.99. The van der Waals surface area contributed by atoms with E-state index in [-0.39, 0.29) is 11.5 Å². The molecule has 10 heavy (non-hydrogen) atoms. The van der Waals surface area contributed by atoms with E-state index in [0.717, 1.165) is 12.8 Å². The van der Waals surface area contributed by atoms with E-state index in [1.54, 1.807) is 0 Å². The first-order chi connectivity index (χ1) is 4.78. The topological polar surface area (TPSA) is 46.2 Å². The summed E-state index contributed by atoms with van der Waals surface area (Å²) in [6.45, 7) is 0.685. The number of hydrogen-bond donors (Lipinski definition) is 2. The minimum atomic E-state index is -0.0718. The Hall–Kier alpha value is -0.0800. The van der Waals surface area contributed by atoms with Crippen LogP contribution in [0.4, 0.5) is 0 Å². The lowest BCUT2D eigenvalue weighted by atomic mass is 9.96. The molecule has 1 atom stereocenters. The van der Waals surface area contributed by atoms with Gasteiger partial charge in [-0.05, 0) is 31.6 Å². The van der Waals surface area contributed by atoms with Crippen LogP contribution in [-0.2, 0) is 0 Å². The van der Waals surface area contributed by atoms with Crippen molar-refractivity contribution in [2.75, 3.05) is 6.54 Å². The summed E-state index contributed by atoms with van der Waals surface area (Å²) in [6, 6.07) is 0. The van der Waals surface area contributed by atoms with Gasteiger partial charge in [0.1, 0.15) is 0 Å². The van der Waals surface area contributed by atoms with Crippen molar-refractivity contribution >= 4 is 0 Å². The maximum atomic E-state index is 9.70. The molecule has 3 N–H and O–H groups in total. The van der Waals surface area contributed by atoms with E-state index in [2.05, 4.69) is 0 Å². The molecule has 2 heteroatoms. The molecular weight excluding hydrogens is 126 g/mol. The van der Waals surface area contributed by atoms with E-state index in [1.165, 1.54) is 12.8 Å². The average molecular weight is 141 g/mol. The van der Waals surface area contributed by atoms with E-state index < -0.39 is 0 Å². The van der Waals surface area contributed by atoms with Crippen molar-refractivity contribution in [3.63, 3.8) is 0 Å². The molecule has 0 aromatic rings. The molecule has 2 fully saturated rings. The highest BCUT2D eigenvalue weighted by Crippen LogP contribution is 2.54. The molecule has 0 aromatic heterocycles. The molecule has 0 amide bonds. The molecule has 0 bridgehead atoms. The summed E-state index contributed by atoms with van der Waals surface area (Å²) in [7, 11) is 0. The van der Waals surface area contributed by atoms with Crippen molar-refractivity contribution in [2.24, 2.45) is 17.1 Å². The molecule has 2 nitrogen and oxygen atoms in total. The smallest absolute Gasteiger partial charge is 0.0636 e. The normalized spacial score (nSPS) is 31.8. The van der Waals surface area contributed by atoms with Crippen molar-refractivity contribution in [3.8, 4) is 0 Å². The maximum Gasteiger partial charge on any atom is 0.0636 e. The van der Waals surface area contributed by atoms with E-state index in [1.807, 2.05) is 0 Å². The molecule has 2 aliphatic rings. The molecule has 2 rings (SSSR count). The second-order valence-corrected chi connectivity index (χ2v) is 3.85. The Labute approximate surface area is 61.4 Å². The van der Waals surface area contributed by atoms with Gasteiger partial charge in [0.15, 0.2) is 0 Å². The fourth-order valence-electron chi connectivity index (χ4n) is 1.69. The lowest BCUT2D eigenvalue weighted by Gasteiger charge is -2.19. The van der Waals surface area contributed by atoms with Crippen LogP contribution >= 0.6 is 0 Å². The van der Waals surface area contributed by atoms with Crippen LogP contribution in [0.15, 0.2) is 0 Å². The van der Waals surface area contributed by atoms with Crippen molar-refractivity contribution in [3.05, 3.63) is 0 Å². The molecule has 0 spiro atoms. The van der Waals surface area contributed by atoms with Crippen LogP contribution in [0, 0.1) is 11.3 Å². The highest BCUT2D eigenvalue weighted by atomic mass is 16.3. The Kier molecular flexibility index (Phi) is 1.29. The van der Waals surface area contributed by atoms with Gasteiger partial charge in [0, 0.05) is 12.0 Å². The predicted octanol–water partition coefficient (Wildman–Crippen LogP) is 0.496. The van der Waals surface area contributed by atoms with E-state index in [9.17, 15) is 5.11 Å². The van der Waals surface area contributed by atoms with E-state index in [0.29, 0.717) is 12.5 Å². The van der Waals surface area contributed by atoms with Crippen molar-refractivity contribution in [2.45, 2.75) is 31.8 Å². The fraction of sp³-hybridized carbons (Fsp3) is 1.00. The summed E-state index contributed by atoms with van der Waals surface area (Å²) in [4.78, 5) is 0. The Morgan fingerprint density at radius 1 is 1.50 bits per heavy atom. The van der Waals surface area contributed by atoms with Gasteiger partial charge in [-0.15, -0.1) is 0 Å². The molecule has 2 aliphatic carbocycles. The molecule has 0 radical (unpaired) electrons. The van der Waals surface area contributed by atoms with Gasteiger partial charge in [-0.25, -0.2) is 0 Å². The van der Waals surface area contributed by atoms with Gasteiger partial charge in [-0.2, -0.15) is 0 Å². The summed E-state index contributed by atoms with van der Waals surface area (Å²) >= 11 is 0. The van der Waals surface area contributed by atoms with Crippen LogP contribution < -0.4 is 5.73 Å². The van der Waals surface area contributed by atoms with Crippen molar-refractivity contribution in [1.29, 1.82) is 0 Å². The summed E-state index contributed by atoms with van der Waals surface area (Å²) in [5.74, 6) is 0.603. The van der Waals surface area contributed by atoms with Crippen LogP contribution in [-0.4, -0.2) is 17.8 Å². The Morgan fingerprint density at radius 2 is 2.10 bits per heavy atom. The van der Waals surface area contributed by atoms with Gasteiger partial charge in [-0.3, -0.25) is 0 Å². The average Bonchev–Trinajstić information content (AvgIpc) is 2.84. The first-order valence-electron chi connectivity index (χ1n) is 4.17. The number of rotatable bonds is 3. The maximum absolute atomic E-state index is 9.70. The quantitative estimate of drug-likeness (QED) is 0.601. The summed E-state index contributed by atoms with van der Waals surface area (Å²) in [5, 5.41) is 9.70. The van der Waals surface area contributed by atoms with Crippen LogP contribution in [0.25, 0.3) is 0 Å². The van der Waals surface area contributed by atoms with Gasteiger partial charge < -0.3 is 10.8 Å².